The molecule has 11 nitrogen and oxygen atoms in total. The van der Waals surface area contributed by atoms with Crippen molar-refractivity contribution in [3.05, 3.63) is 49.9 Å². The van der Waals surface area contributed by atoms with E-state index in [2.05, 4.69) is 20.9 Å². The lowest BCUT2D eigenvalue weighted by Crippen LogP contribution is -2.65. The van der Waals surface area contributed by atoms with E-state index in [4.69, 9.17) is 21.6 Å². The summed E-state index contributed by atoms with van der Waals surface area (Å²) in [4.78, 5) is 18.4. The van der Waals surface area contributed by atoms with E-state index in [1.54, 1.807) is 11.6 Å². The minimum Gasteiger partial charge on any atom is -0.394 e. The number of halogens is 1. The highest BCUT2D eigenvalue weighted by Crippen LogP contribution is 2.36. The van der Waals surface area contributed by atoms with Crippen LogP contribution in [-0.2, 0) is 4.74 Å². The third kappa shape index (κ3) is 4.43. The number of aromatic amines is 1. The number of nitrogens with one attached hydrogen (secondary N) is 3. The number of hydrogen-bond donors (Lipinski definition) is 6. The zero-order valence-corrected chi connectivity index (χ0v) is 18.0. The van der Waals surface area contributed by atoms with Crippen molar-refractivity contribution < 1.29 is 20.1 Å². The van der Waals surface area contributed by atoms with Crippen LogP contribution in [-0.4, -0.2) is 66.7 Å². The van der Waals surface area contributed by atoms with Crippen LogP contribution < -0.4 is 15.8 Å². The van der Waals surface area contributed by atoms with Crippen molar-refractivity contribution in [3.63, 3.8) is 0 Å². The Kier molecular flexibility index (Phi) is 6.51. The maximum atomic E-state index is 11.4. The summed E-state index contributed by atoms with van der Waals surface area (Å²) < 4.78 is 5.70. The number of H-pyrrole nitrogens is 1. The molecule has 2 aliphatic rings. The Bertz CT molecular complexity index is 1090. The predicted octanol–water partition coefficient (Wildman–Crippen LogP) is -0.420. The first-order chi connectivity index (χ1) is 14.9. The predicted molar refractivity (Wildman–Crippen MR) is 112 cm³/mol. The minimum atomic E-state index is -1.23. The second-order valence-corrected chi connectivity index (χ2v) is 9.10. The third-order valence-electron chi connectivity index (χ3n) is 4.74. The summed E-state index contributed by atoms with van der Waals surface area (Å²) in [7, 11) is 0. The number of ether oxygens (including phenoxy) is 1. The number of nitriles is 1. The molecule has 0 aliphatic carbocycles. The van der Waals surface area contributed by atoms with Crippen LogP contribution in [0.1, 0.15) is 11.4 Å². The van der Waals surface area contributed by atoms with Gasteiger partial charge in [0.05, 0.1) is 23.0 Å². The first kappa shape index (κ1) is 22.1. The Morgan fingerprint density at radius 1 is 1.42 bits per heavy atom. The molecule has 4 rings (SSSR count). The fourth-order valence-corrected chi connectivity index (χ4v) is 5.15. The summed E-state index contributed by atoms with van der Waals surface area (Å²) in [6.45, 7) is -0.469. The number of thioether (sulfide) groups is 1. The van der Waals surface area contributed by atoms with Crippen molar-refractivity contribution in [1.82, 2.24) is 25.9 Å². The van der Waals surface area contributed by atoms with E-state index in [-0.39, 0.29) is 15.6 Å². The lowest BCUT2D eigenvalue weighted by atomic mass is 9.97. The van der Waals surface area contributed by atoms with Gasteiger partial charge in [0, 0.05) is 22.7 Å². The molecular formula is C17H17ClN6O5S2. The summed E-state index contributed by atoms with van der Waals surface area (Å²) in [5.41, 5.74) is 6.00. The van der Waals surface area contributed by atoms with Crippen molar-refractivity contribution >= 4 is 40.4 Å². The average molecular weight is 485 g/mol. The monoisotopic (exact) mass is 484 g/mol. The Hall–Kier alpha value is -2.15. The third-order valence-corrected chi connectivity index (χ3v) is 6.82. The fraction of sp³-hybridized carbons (Fsp3) is 0.353. The Morgan fingerprint density at radius 3 is 2.87 bits per heavy atom. The molecule has 1 saturated heterocycles. The molecule has 0 bridgehead atoms. The van der Waals surface area contributed by atoms with Crippen molar-refractivity contribution in [3.8, 4) is 6.07 Å². The highest BCUT2D eigenvalue weighted by atomic mass is 35.5. The second-order valence-electron chi connectivity index (χ2n) is 6.68. The first-order valence-corrected chi connectivity index (χ1v) is 11.1. The summed E-state index contributed by atoms with van der Waals surface area (Å²) in [5.74, 6) is 0. The number of pyridine rings is 1. The van der Waals surface area contributed by atoms with E-state index in [1.807, 2.05) is 6.07 Å². The van der Waals surface area contributed by atoms with Crippen LogP contribution in [0.15, 0.2) is 33.5 Å². The number of rotatable bonds is 5. The van der Waals surface area contributed by atoms with Crippen LogP contribution in [0.4, 0.5) is 0 Å². The van der Waals surface area contributed by atoms with Crippen LogP contribution in [0.2, 0.25) is 5.02 Å². The Morgan fingerprint density at radius 2 is 2.23 bits per heavy atom. The van der Waals surface area contributed by atoms with Gasteiger partial charge in [0.25, 0.3) is 0 Å². The second kappa shape index (κ2) is 9.15. The van der Waals surface area contributed by atoms with Crippen molar-refractivity contribution in [2.75, 3.05) is 6.61 Å². The van der Waals surface area contributed by atoms with Gasteiger partial charge in [0.1, 0.15) is 35.9 Å². The highest BCUT2D eigenvalue weighted by Gasteiger charge is 2.48. The van der Waals surface area contributed by atoms with Crippen LogP contribution in [0.3, 0.4) is 0 Å². The largest absolute Gasteiger partial charge is 0.394 e. The van der Waals surface area contributed by atoms with Gasteiger partial charge in [-0.2, -0.15) is 5.26 Å². The number of aromatic nitrogens is 2. The molecule has 0 amide bonds. The van der Waals surface area contributed by atoms with Crippen molar-refractivity contribution in [2.24, 2.45) is 0 Å². The van der Waals surface area contributed by atoms with Crippen molar-refractivity contribution in [2.45, 2.75) is 34.7 Å². The molecule has 4 heterocycles. The smallest absolute Gasteiger partial charge is 0.304 e. The van der Waals surface area contributed by atoms with Gasteiger partial charge in [-0.3, -0.25) is 9.80 Å². The molecule has 1 fully saturated rings. The Balaban J connectivity index is 1.57. The van der Waals surface area contributed by atoms with Gasteiger partial charge >= 0.3 is 4.87 Å². The SMILES string of the molecule is N#Cc1ncc(S[C@H]2OC(CO)[C@H](O)C(N3C=C(c4csc(=O)[nH]4)NN3)C2O)cc1Cl. The van der Waals surface area contributed by atoms with Gasteiger partial charge in [-0.1, -0.05) is 34.7 Å². The van der Waals surface area contributed by atoms with E-state index >= 15 is 0 Å². The van der Waals surface area contributed by atoms with E-state index in [0.717, 1.165) is 23.1 Å². The minimum absolute atomic E-state index is 0.0779. The molecule has 5 atom stereocenters. The molecule has 6 N–H and O–H groups in total. The topological polar surface area (TPSA) is 167 Å². The summed E-state index contributed by atoms with van der Waals surface area (Å²) in [5, 5.41) is 43.6. The van der Waals surface area contributed by atoms with Gasteiger partial charge in [-0.25, -0.2) is 4.98 Å². The first-order valence-electron chi connectivity index (χ1n) is 8.96. The lowest BCUT2D eigenvalue weighted by Gasteiger charge is -2.45. The van der Waals surface area contributed by atoms with Crippen molar-refractivity contribution in [1.29, 1.82) is 5.26 Å². The standard InChI is InChI=1S/C17H17ClN6O5S2/c18-8-1-7(3-20-9(8)2-19)31-16-15(27)13(14(26)12(5-25)29-16)24-4-10(22-23-24)11-6-30-17(28)21-11/h1,3-4,6,12-16,22-23,25-27H,5H2,(H,21,28)/t12?,13?,14-,15?,16+/m0/s1. The van der Waals surface area contributed by atoms with E-state index in [0.29, 0.717) is 16.3 Å². The van der Waals surface area contributed by atoms with Crippen LogP contribution in [0.25, 0.3) is 5.70 Å². The van der Waals surface area contributed by atoms with Gasteiger partial charge in [0.2, 0.25) is 0 Å². The fourth-order valence-electron chi connectivity index (χ4n) is 3.23. The number of hydrazine groups is 2. The van der Waals surface area contributed by atoms with Gasteiger partial charge in [0.15, 0.2) is 5.69 Å². The van der Waals surface area contributed by atoms with E-state index < -0.39 is 36.4 Å². The van der Waals surface area contributed by atoms with E-state index in [9.17, 15) is 20.1 Å². The Labute approximate surface area is 188 Å². The summed E-state index contributed by atoms with van der Waals surface area (Å²) in [6.07, 6.45) is -0.376. The van der Waals surface area contributed by atoms with Gasteiger partial charge < -0.3 is 30.5 Å². The number of aliphatic hydroxyl groups is 3. The number of aliphatic hydroxyl groups excluding tert-OH is 3. The molecule has 0 aromatic carbocycles. The molecule has 0 radical (unpaired) electrons. The number of nitrogens with zero attached hydrogens (tertiary/aromatic N) is 3. The number of thiazole rings is 1. The zero-order valence-electron chi connectivity index (χ0n) is 15.6. The summed E-state index contributed by atoms with van der Waals surface area (Å²) in [6, 6.07) is 2.50. The molecule has 2 aromatic heterocycles. The molecule has 164 valence electrons. The maximum absolute atomic E-state index is 11.4. The molecule has 3 unspecified atom stereocenters. The zero-order chi connectivity index (χ0) is 22.1. The molecule has 0 saturated carbocycles. The maximum Gasteiger partial charge on any atom is 0.304 e. The molecule has 14 heteroatoms. The van der Waals surface area contributed by atoms with Crippen LogP contribution in [0.5, 0.6) is 0 Å². The van der Waals surface area contributed by atoms with Gasteiger partial charge in [-0.05, 0) is 6.07 Å². The molecule has 0 spiro atoms. The van der Waals surface area contributed by atoms with Gasteiger partial charge in [-0.15, -0.1) is 5.53 Å². The molecule has 2 aliphatic heterocycles. The lowest BCUT2D eigenvalue weighted by molar-refractivity contribution is -0.189. The molecule has 2 aromatic rings. The molecule has 31 heavy (non-hydrogen) atoms. The number of hydrogen-bond acceptors (Lipinski definition) is 12. The highest BCUT2D eigenvalue weighted by molar-refractivity contribution is 7.99. The molecular weight excluding hydrogens is 468 g/mol. The summed E-state index contributed by atoms with van der Waals surface area (Å²) >= 11 is 8.14. The normalized spacial score (nSPS) is 28.2. The van der Waals surface area contributed by atoms with Crippen LogP contribution in [0, 0.1) is 11.3 Å². The average Bonchev–Trinajstić information content (AvgIpc) is 3.39. The quantitative estimate of drug-likeness (QED) is 0.326. The van der Waals surface area contributed by atoms with Crippen LogP contribution >= 0.6 is 34.7 Å². The van der Waals surface area contributed by atoms with E-state index in [1.165, 1.54) is 17.3 Å².